The molecule has 2 rings (SSSR count). The van der Waals surface area contributed by atoms with E-state index in [9.17, 15) is 4.79 Å². The molecule has 0 heterocycles. The number of benzene rings is 2. The first-order valence-corrected chi connectivity index (χ1v) is 7.53. The van der Waals surface area contributed by atoms with Gasteiger partial charge in [-0.05, 0) is 36.1 Å². The minimum atomic E-state index is -0.178. The first-order valence-electron chi connectivity index (χ1n) is 7.53. The Morgan fingerprint density at radius 1 is 1.05 bits per heavy atom. The molecule has 22 heavy (non-hydrogen) atoms. The number of nitrogens with zero attached hydrogens (tertiary/aromatic N) is 1. The predicted molar refractivity (Wildman–Crippen MR) is 91.3 cm³/mol. The van der Waals surface area contributed by atoms with Crippen LogP contribution in [0.2, 0.25) is 0 Å². The van der Waals surface area contributed by atoms with Gasteiger partial charge in [-0.1, -0.05) is 56.3 Å². The van der Waals surface area contributed by atoms with Gasteiger partial charge in [-0.3, -0.25) is 4.79 Å². The molecule has 3 heteroatoms. The number of hydrogen-bond donors (Lipinski definition) is 1. The van der Waals surface area contributed by atoms with Crippen LogP contribution in [0.15, 0.2) is 59.7 Å². The SMILES string of the molecule is C/C(Cc1ccccc1)=N\NC(=O)c1ccc(C(C)C)cc1. The van der Waals surface area contributed by atoms with E-state index in [0.29, 0.717) is 11.5 Å². The second-order valence-electron chi connectivity index (χ2n) is 5.73. The Morgan fingerprint density at radius 3 is 2.27 bits per heavy atom. The van der Waals surface area contributed by atoms with Gasteiger partial charge in [-0.2, -0.15) is 5.10 Å². The van der Waals surface area contributed by atoms with Gasteiger partial charge in [-0.15, -0.1) is 0 Å². The minimum absolute atomic E-state index is 0.178. The van der Waals surface area contributed by atoms with E-state index in [1.54, 1.807) is 0 Å². The van der Waals surface area contributed by atoms with Gasteiger partial charge in [0.1, 0.15) is 0 Å². The predicted octanol–water partition coefficient (Wildman–Crippen LogP) is 4.16. The number of carbonyl (C=O) groups excluding carboxylic acids is 1. The molecular weight excluding hydrogens is 272 g/mol. The van der Waals surface area contributed by atoms with E-state index in [4.69, 9.17) is 0 Å². The highest BCUT2D eigenvalue weighted by molar-refractivity contribution is 5.95. The number of carbonyl (C=O) groups is 1. The fourth-order valence-electron chi connectivity index (χ4n) is 2.16. The number of hydrazone groups is 1. The first-order chi connectivity index (χ1) is 10.6. The van der Waals surface area contributed by atoms with Gasteiger partial charge in [0.05, 0.1) is 0 Å². The molecule has 1 N–H and O–H groups in total. The molecule has 0 spiro atoms. The second-order valence-corrected chi connectivity index (χ2v) is 5.73. The topological polar surface area (TPSA) is 41.5 Å². The normalized spacial score (nSPS) is 11.5. The van der Waals surface area contributed by atoms with Crippen LogP contribution in [-0.4, -0.2) is 11.6 Å². The van der Waals surface area contributed by atoms with Gasteiger partial charge < -0.3 is 0 Å². The van der Waals surface area contributed by atoms with Crippen LogP contribution < -0.4 is 5.43 Å². The maximum absolute atomic E-state index is 12.1. The third-order valence-corrected chi connectivity index (χ3v) is 3.49. The first kappa shape index (κ1) is 16.0. The van der Waals surface area contributed by atoms with Gasteiger partial charge in [0.25, 0.3) is 5.91 Å². The number of nitrogens with one attached hydrogen (secondary N) is 1. The summed E-state index contributed by atoms with van der Waals surface area (Å²) >= 11 is 0. The fraction of sp³-hybridized carbons (Fsp3) is 0.263. The van der Waals surface area contributed by atoms with Crippen molar-refractivity contribution in [3.05, 3.63) is 71.3 Å². The van der Waals surface area contributed by atoms with Crippen LogP contribution in [-0.2, 0) is 6.42 Å². The summed E-state index contributed by atoms with van der Waals surface area (Å²) in [7, 11) is 0. The average Bonchev–Trinajstić information content (AvgIpc) is 2.53. The molecule has 3 nitrogen and oxygen atoms in total. The summed E-state index contributed by atoms with van der Waals surface area (Å²) in [6.45, 7) is 6.17. The van der Waals surface area contributed by atoms with Gasteiger partial charge in [0.15, 0.2) is 0 Å². The molecule has 1 amide bonds. The van der Waals surface area contributed by atoms with Crippen LogP contribution >= 0.6 is 0 Å². The molecule has 0 fully saturated rings. The molecular formula is C19H22N2O. The molecule has 0 bridgehead atoms. The van der Waals surface area contributed by atoms with Crippen LogP contribution in [0.4, 0.5) is 0 Å². The van der Waals surface area contributed by atoms with Crippen molar-refractivity contribution in [2.24, 2.45) is 5.10 Å². The summed E-state index contributed by atoms with van der Waals surface area (Å²) in [6, 6.07) is 17.7. The molecule has 0 aromatic heterocycles. The molecule has 0 atom stereocenters. The summed E-state index contributed by atoms with van der Waals surface area (Å²) in [5.74, 6) is 0.283. The molecule has 114 valence electrons. The van der Waals surface area contributed by atoms with Crippen LogP contribution in [0.5, 0.6) is 0 Å². The zero-order chi connectivity index (χ0) is 15.9. The molecule has 0 aliphatic heterocycles. The molecule has 0 radical (unpaired) electrons. The Labute approximate surface area is 132 Å². The number of rotatable bonds is 5. The Bertz CT molecular complexity index is 643. The quantitative estimate of drug-likeness (QED) is 0.653. The lowest BCUT2D eigenvalue weighted by Crippen LogP contribution is -2.19. The standard InChI is InChI=1S/C19H22N2O/c1-14(2)17-9-11-18(12-10-17)19(22)21-20-15(3)13-16-7-5-4-6-8-16/h4-12,14H,13H2,1-3H3,(H,21,22)/b20-15+. The second kappa shape index (κ2) is 7.55. The summed E-state index contributed by atoms with van der Waals surface area (Å²) < 4.78 is 0. The van der Waals surface area contributed by atoms with Crippen LogP contribution in [0, 0.1) is 0 Å². The van der Waals surface area contributed by atoms with E-state index >= 15 is 0 Å². The summed E-state index contributed by atoms with van der Waals surface area (Å²) in [6.07, 6.45) is 0.730. The molecule has 0 aliphatic carbocycles. The lowest BCUT2D eigenvalue weighted by Gasteiger charge is -2.06. The molecule has 2 aromatic carbocycles. The molecule has 0 aliphatic rings. The van der Waals surface area contributed by atoms with E-state index in [2.05, 4.69) is 24.4 Å². The van der Waals surface area contributed by atoms with Crippen molar-refractivity contribution >= 4 is 11.6 Å². The molecule has 0 unspecified atom stereocenters. The van der Waals surface area contributed by atoms with Gasteiger partial charge in [0.2, 0.25) is 0 Å². The van der Waals surface area contributed by atoms with Crippen LogP contribution in [0.3, 0.4) is 0 Å². The highest BCUT2D eigenvalue weighted by atomic mass is 16.2. The third-order valence-electron chi connectivity index (χ3n) is 3.49. The summed E-state index contributed by atoms with van der Waals surface area (Å²) in [5, 5.41) is 4.17. The zero-order valence-corrected chi connectivity index (χ0v) is 13.3. The Kier molecular flexibility index (Phi) is 5.48. The van der Waals surface area contributed by atoms with Crippen molar-refractivity contribution in [3.63, 3.8) is 0 Å². The lowest BCUT2D eigenvalue weighted by molar-refractivity contribution is 0.0954. The van der Waals surface area contributed by atoms with Crippen molar-refractivity contribution in [2.45, 2.75) is 33.1 Å². The maximum Gasteiger partial charge on any atom is 0.271 e. The molecule has 0 saturated heterocycles. The highest BCUT2D eigenvalue weighted by Gasteiger charge is 2.06. The summed E-state index contributed by atoms with van der Waals surface area (Å²) in [5.41, 5.74) is 6.52. The van der Waals surface area contributed by atoms with Crippen molar-refractivity contribution in [1.29, 1.82) is 0 Å². The Hall–Kier alpha value is -2.42. The van der Waals surface area contributed by atoms with Crippen molar-refractivity contribution in [2.75, 3.05) is 0 Å². The molecule has 2 aromatic rings. The zero-order valence-electron chi connectivity index (χ0n) is 13.3. The number of hydrogen-bond acceptors (Lipinski definition) is 2. The van der Waals surface area contributed by atoms with Crippen molar-refractivity contribution < 1.29 is 4.79 Å². The maximum atomic E-state index is 12.1. The van der Waals surface area contributed by atoms with E-state index in [-0.39, 0.29) is 5.91 Å². The van der Waals surface area contributed by atoms with E-state index in [0.717, 1.165) is 12.1 Å². The van der Waals surface area contributed by atoms with E-state index < -0.39 is 0 Å². The van der Waals surface area contributed by atoms with Crippen molar-refractivity contribution in [1.82, 2.24) is 5.43 Å². The fourth-order valence-corrected chi connectivity index (χ4v) is 2.16. The van der Waals surface area contributed by atoms with Crippen molar-refractivity contribution in [3.8, 4) is 0 Å². The monoisotopic (exact) mass is 294 g/mol. The highest BCUT2D eigenvalue weighted by Crippen LogP contribution is 2.14. The Balaban J connectivity index is 1.95. The largest absolute Gasteiger partial charge is 0.271 e. The van der Waals surface area contributed by atoms with Crippen LogP contribution in [0.25, 0.3) is 0 Å². The third kappa shape index (κ3) is 4.55. The lowest BCUT2D eigenvalue weighted by atomic mass is 10.0. The van der Waals surface area contributed by atoms with E-state index in [1.807, 2.05) is 61.5 Å². The smallest absolute Gasteiger partial charge is 0.267 e. The average molecular weight is 294 g/mol. The molecule has 0 saturated carbocycles. The Morgan fingerprint density at radius 2 is 1.68 bits per heavy atom. The van der Waals surface area contributed by atoms with E-state index in [1.165, 1.54) is 11.1 Å². The number of amides is 1. The summed E-state index contributed by atoms with van der Waals surface area (Å²) in [4.78, 5) is 12.1. The minimum Gasteiger partial charge on any atom is -0.267 e. The van der Waals surface area contributed by atoms with Gasteiger partial charge >= 0.3 is 0 Å². The van der Waals surface area contributed by atoms with Crippen LogP contribution in [0.1, 0.15) is 48.2 Å². The van der Waals surface area contributed by atoms with Gasteiger partial charge in [-0.25, -0.2) is 5.43 Å². The van der Waals surface area contributed by atoms with Gasteiger partial charge in [0, 0.05) is 17.7 Å².